The third-order valence-corrected chi connectivity index (χ3v) is 2.66. The van der Waals surface area contributed by atoms with E-state index >= 15 is 0 Å². The fourth-order valence-electron chi connectivity index (χ4n) is 1.40. The summed E-state index contributed by atoms with van der Waals surface area (Å²) in [4.78, 5) is 15.6. The summed E-state index contributed by atoms with van der Waals surface area (Å²) in [5.74, 6) is 0. The standard InChI is InChI=1S/C12H17Cl2N3O2/c1-12(2,3)19-11(18)16-8(6-15)7-4-5-9(13)17-10(7)14/h4-5,8H,6,15H2,1-3H3,(H,16,18). The van der Waals surface area contributed by atoms with Crippen molar-refractivity contribution in [2.75, 3.05) is 6.54 Å². The molecule has 1 aromatic heterocycles. The second-order valence-corrected chi connectivity index (χ2v) is 5.69. The van der Waals surface area contributed by atoms with Crippen LogP contribution in [0, 0.1) is 0 Å². The van der Waals surface area contributed by atoms with Gasteiger partial charge in [0.15, 0.2) is 0 Å². The summed E-state index contributed by atoms with van der Waals surface area (Å²) in [6.07, 6.45) is -0.561. The van der Waals surface area contributed by atoms with Gasteiger partial charge < -0.3 is 15.8 Å². The molecule has 5 nitrogen and oxygen atoms in total. The smallest absolute Gasteiger partial charge is 0.408 e. The number of nitrogens with one attached hydrogen (secondary N) is 1. The molecule has 1 heterocycles. The Hall–Kier alpha value is -1.04. The molecule has 0 saturated carbocycles. The lowest BCUT2D eigenvalue weighted by molar-refractivity contribution is 0.0505. The number of halogens is 2. The van der Waals surface area contributed by atoms with Crippen molar-refractivity contribution in [1.29, 1.82) is 0 Å². The molecule has 0 radical (unpaired) electrons. The lowest BCUT2D eigenvalue weighted by Crippen LogP contribution is -2.37. The maximum absolute atomic E-state index is 11.7. The molecule has 19 heavy (non-hydrogen) atoms. The first-order chi connectivity index (χ1) is 8.73. The number of amides is 1. The summed E-state index contributed by atoms with van der Waals surface area (Å²) < 4.78 is 5.16. The van der Waals surface area contributed by atoms with Crippen molar-refractivity contribution in [1.82, 2.24) is 10.3 Å². The van der Waals surface area contributed by atoms with Gasteiger partial charge in [-0.1, -0.05) is 29.3 Å². The van der Waals surface area contributed by atoms with Gasteiger partial charge in [0, 0.05) is 12.1 Å². The summed E-state index contributed by atoms with van der Waals surface area (Å²) in [5, 5.41) is 3.13. The molecule has 0 aliphatic carbocycles. The Bertz CT molecular complexity index is 461. The predicted molar refractivity (Wildman–Crippen MR) is 75.4 cm³/mol. The number of hydrogen-bond acceptors (Lipinski definition) is 4. The van der Waals surface area contributed by atoms with Crippen LogP contribution in [0.4, 0.5) is 4.79 Å². The highest BCUT2D eigenvalue weighted by atomic mass is 35.5. The van der Waals surface area contributed by atoms with Crippen molar-refractivity contribution in [2.45, 2.75) is 32.4 Å². The Labute approximate surface area is 122 Å². The first-order valence-electron chi connectivity index (χ1n) is 5.74. The zero-order valence-corrected chi connectivity index (χ0v) is 12.5. The van der Waals surface area contributed by atoms with Gasteiger partial charge >= 0.3 is 6.09 Å². The van der Waals surface area contributed by atoms with Crippen molar-refractivity contribution >= 4 is 29.3 Å². The lowest BCUT2D eigenvalue weighted by atomic mass is 10.1. The first-order valence-corrected chi connectivity index (χ1v) is 6.50. The van der Waals surface area contributed by atoms with E-state index in [2.05, 4.69) is 10.3 Å². The average molecular weight is 306 g/mol. The van der Waals surface area contributed by atoms with Gasteiger partial charge in [-0.3, -0.25) is 0 Å². The van der Waals surface area contributed by atoms with Gasteiger partial charge in [0.05, 0.1) is 6.04 Å². The Morgan fingerprint density at radius 2 is 2.11 bits per heavy atom. The Morgan fingerprint density at radius 3 is 2.58 bits per heavy atom. The molecule has 3 N–H and O–H groups in total. The molecule has 1 atom stereocenters. The van der Waals surface area contributed by atoms with Crippen molar-refractivity contribution in [2.24, 2.45) is 5.73 Å². The number of carbonyl (C=O) groups excluding carboxylic acids is 1. The highest BCUT2D eigenvalue weighted by Crippen LogP contribution is 2.23. The number of nitrogens with two attached hydrogens (primary N) is 1. The Morgan fingerprint density at radius 1 is 1.47 bits per heavy atom. The minimum Gasteiger partial charge on any atom is -0.444 e. The molecular formula is C12H17Cl2N3O2. The molecule has 0 saturated heterocycles. The van der Waals surface area contributed by atoms with Gasteiger partial charge in [-0.25, -0.2) is 9.78 Å². The van der Waals surface area contributed by atoms with E-state index in [-0.39, 0.29) is 16.9 Å². The van der Waals surface area contributed by atoms with E-state index in [4.69, 9.17) is 33.7 Å². The molecule has 1 amide bonds. The van der Waals surface area contributed by atoms with Crippen molar-refractivity contribution < 1.29 is 9.53 Å². The van der Waals surface area contributed by atoms with E-state index in [1.165, 1.54) is 0 Å². The van der Waals surface area contributed by atoms with E-state index in [1.54, 1.807) is 32.9 Å². The quantitative estimate of drug-likeness (QED) is 0.842. The number of pyridine rings is 1. The van der Waals surface area contributed by atoms with E-state index in [1.807, 2.05) is 0 Å². The second-order valence-electron chi connectivity index (χ2n) is 4.95. The fourth-order valence-corrected chi connectivity index (χ4v) is 1.87. The summed E-state index contributed by atoms with van der Waals surface area (Å²) in [6.45, 7) is 5.50. The summed E-state index contributed by atoms with van der Waals surface area (Å²) in [5.41, 5.74) is 5.65. The number of ether oxygens (including phenoxy) is 1. The highest BCUT2D eigenvalue weighted by molar-refractivity contribution is 6.32. The number of alkyl carbamates (subject to hydrolysis) is 1. The van der Waals surface area contributed by atoms with Crippen LogP contribution in [-0.4, -0.2) is 23.2 Å². The van der Waals surface area contributed by atoms with Crippen LogP contribution in [0.3, 0.4) is 0 Å². The second kappa shape index (κ2) is 6.41. The van der Waals surface area contributed by atoms with Crippen molar-refractivity contribution in [3.8, 4) is 0 Å². The minimum absolute atomic E-state index is 0.169. The molecule has 106 valence electrons. The third kappa shape index (κ3) is 5.22. The largest absolute Gasteiger partial charge is 0.444 e. The van der Waals surface area contributed by atoms with Crippen LogP contribution in [0.15, 0.2) is 12.1 Å². The van der Waals surface area contributed by atoms with Crippen LogP contribution in [0.1, 0.15) is 32.4 Å². The monoisotopic (exact) mass is 305 g/mol. The van der Waals surface area contributed by atoms with Crippen molar-refractivity contribution in [3.63, 3.8) is 0 Å². The number of hydrogen-bond donors (Lipinski definition) is 2. The topological polar surface area (TPSA) is 77.2 Å². The number of aromatic nitrogens is 1. The van der Waals surface area contributed by atoms with E-state index in [0.717, 1.165) is 0 Å². The van der Waals surface area contributed by atoms with Crippen molar-refractivity contribution in [3.05, 3.63) is 28.0 Å². The maximum atomic E-state index is 11.7. The molecule has 0 bridgehead atoms. The molecule has 1 aromatic rings. The number of nitrogens with zero attached hydrogens (tertiary/aromatic N) is 1. The maximum Gasteiger partial charge on any atom is 0.408 e. The van der Waals surface area contributed by atoms with Gasteiger partial charge in [0.25, 0.3) is 0 Å². The summed E-state index contributed by atoms with van der Waals surface area (Å²) in [6, 6.07) is 2.78. The highest BCUT2D eigenvalue weighted by Gasteiger charge is 2.21. The van der Waals surface area contributed by atoms with Crippen LogP contribution in [0.5, 0.6) is 0 Å². The third-order valence-electron chi connectivity index (χ3n) is 2.15. The number of carbonyl (C=O) groups is 1. The van der Waals surface area contributed by atoms with E-state index in [0.29, 0.717) is 5.56 Å². The zero-order chi connectivity index (χ0) is 14.6. The van der Waals surface area contributed by atoms with Gasteiger partial charge in [-0.15, -0.1) is 0 Å². The lowest BCUT2D eigenvalue weighted by Gasteiger charge is -2.23. The van der Waals surface area contributed by atoms with Gasteiger partial charge in [0.1, 0.15) is 15.9 Å². The van der Waals surface area contributed by atoms with E-state index < -0.39 is 17.7 Å². The van der Waals surface area contributed by atoms with E-state index in [9.17, 15) is 4.79 Å². The summed E-state index contributed by atoms with van der Waals surface area (Å²) in [7, 11) is 0. The molecular weight excluding hydrogens is 289 g/mol. The van der Waals surface area contributed by atoms with Crippen LogP contribution in [-0.2, 0) is 4.74 Å². The number of rotatable bonds is 3. The predicted octanol–water partition coefficient (Wildman–Crippen LogP) is 2.91. The van der Waals surface area contributed by atoms with Gasteiger partial charge in [0.2, 0.25) is 0 Å². The van der Waals surface area contributed by atoms with Gasteiger partial charge in [-0.05, 0) is 26.8 Å². The minimum atomic E-state index is -0.578. The first kappa shape index (κ1) is 16.0. The fraction of sp³-hybridized carbons (Fsp3) is 0.500. The van der Waals surface area contributed by atoms with Crippen LogP contribution in [0.2, 0.25) is 10.3 Å². The van der Waals surface area contributed by atoms with Crippen LogP contribution >= 0.6 is 23.2 Å². The molecule has 7 heteroatoms. The SMILES string of the molecule is CC(C)(C)OC(=O)NC(CN)c1ccc(Cl)nc1Cl. The van der Waals surface area contributed by atoms with Crippen LogP contribution < -0.4 is 11.1 Å². The zero-order valence-electron chi connectivity index (χ0n) is 11.0. The Kier molecular flexibility index (Phi) is 5.40. The van der Waals surface area contributed by atoms with Gasteiger partial charge in [-0.2, -0.15) is 0 Å². The Balaban J connectivity index is 2.81. The molecule has 0 aromatic carbocycles. The molecule has 1 rings (SSSR count). The molecule has 0 aliphatic rings. The molecule has 0 fully saturated rings. The average Bonchev–Trinajstić information content (AvgIpc) is 2.24. The summed E-state index contributed by atoms with van der Waals surface area (Å²) >= 11 is 11.7. The van der Waals surface area contributed by atoms with Crippen LogP contribution in [0.25, 0.3) is 0 Å². The molecule has 0 aliphatic heterocycles. The molecule has 1 unspecified atom stereocenters. The normalized spacial score (nSPS) is 12.9. The molecule has 0 spiro atoms.